The Morgan fingerprint density at radius 3 is 2.50 bits per heavy atom. The Hall–Kier alpha value is -1.59. The van der Waals surface area contributed by atoms with Crippen LogP contribution in [0.15, 0.2) is 18.2 Å². The zero-order chi connectivity index (χ0) is 16.4. The Kier molecular flexibility index (Phi) is 8.55. The zero-order valence-electron chi connectivity index (χ0n) is 13.9. The average molecular weight is 308 g/mol. The van der Waals surface area contributed by atoms with Crippen LogP contribution in [0.5, 0.6) is 5.75 Å². The smallest absolute Gasteiger partial charge is 0.317 e. The van der Waals surface area contributed by atoms with Gasteiger partial charge >= 0.3 is 5.97 Å². The minimum absolute atomic E-state index is 0.0499. The monoisotopic (exact) mass is 308 g/mol. The van der Waals surface area contributed by atoms with Crippen molar-refractivity contribution < 1.29 is 14.6 Å². The third-order valence-electron chi connectivity index (χ3n) is 3.43. The fourth-order valence-corrected chi connectivity index (χ4v) is 2.50. The molecule has 5 nitrogen and oxygen atoms in total. The second kappa shape index (κ2) is 10.2. The van der Waals surface area contributed by atoms with Crippen LogP contribution in [0.2, 0.25) is 0 Å². The van der Waals surface area contributed by atoms with Crippen LogP contribution in [0.3, 0.4) is 0 Å². The highest BCUT2D eigenvalue weighted by atomic mass is 16.5. The molecule has 1 aromatic rings. The summed E-state index contributed by atoms with van der Waals surface area (Å²) in [6.07, 6.45) is 2.29. The summed E-state index contributed by atoms with van der Waals surface area (Å²) in [5, 5.41) is 11.5. The predicted octanol–water partition coefficient (Wildman–Crippen LogP) is 2.49. The molecule has 0 atom stereocenters. The molecule has 1 rings (SSSR count). The van der Waals surface area contributed by atoms with Crippen LogP contribution in [-0.4, -0.2) is 42.7 Å². The van der Waals surface area contributed by atoms with Crippen LogP contribution in [0.4, 0.5) is 0 Å². The molecular weight excluding hydrogens is 280 g/mol. The molecule has 0 saturated heterocycles. The zero-order valence-corrected chi connectivity index (χ0v) is 13.9. The highest BCUT2D eigenvalue weighted by Gasteiger charge is 2.08. The van der Waals surface area contributed by atoms with Gasteiger partial charge in [0.1, 0.15) is 5.75 Å². The minimum Gasteiger partial charge on any atom is -0.496 e. The van der Waals surface area contributed by atoms with Crippen LogP contribution in [0.25, 0.3) is 0 Å². The number of rotatable bonds is 11. The van der Waals surface area contributed by atoms with E-state index in [1.54, 1.807) is 7.11 Å². The maximum Gasteiger partial charge on any atom is 0.317 e. The Labute approximate surface area is 133 Å². The van der Waals surface area contributed by atoms with Gasteiger partial charge in [-0.1, -0.05) is 26.0 Å². The summed E-state index contributed by atoms with van der Waals surface area (Å²) in [7, 11) is 1.65. The summed E-state index contributed by atoms with van der Waals surface area (Å²) in [5.74, 6) is -0.0475. The summed E-state index contributed by atoms with van der Waals surface area (Å²) < 4.78 is 5.44. The van der Waals surface area contributed by atoms with Gasteiger partial charge in [-0.05, 0) is 37.6 Å². The van der Waals surface area contributed by atoms with E-state index < -0.39 is 5.97 Å². The van der Waals surface area contributed by atoms with Crippen molar-refractivity contribution in [3.63, 3.8) is 0 Å². The number of carboxylic acid groups (broad SMARTS) is 1. The van der Waals surface area contributed by atoms with Gasteiger partial charge in [0, 0.05) is 18.7 Å². The number of benzene rings is 1. The maximum atomic E-state index is 10.5. The molecular formula is C17H28N2O3. The summed E-state index contributed by atoms with van der Waals surface area (Å²) in [4.78, 5) is 13.0. The van der Waals surface area contributed by atoms with E-state index in [4.69, 9.17) is 9.84 Å². The average Bonchev–Trinajstić information content (AvgIpc) is 2.48. The van der Waals surface area contributed by atoms with Gasteiger partial charge < -0.3 is 15.2 Å². The molecule has 0 aliphatic heterocycles. The third-order valence-corrected chi connectivity index (χ3v) is 3.43. The molecule has 124 valence electrons. The van der Waals surface area contributed by atoms with Crippen LogP contribution >= 0.6 is 0 Å². The number of carbonyl (C=O) groups is 1. The van der Waals surface area contributed by atoms with Crippen molar-refractivity contribution >= 4 is 5.97 Å². The van der Waals surface area contributed by atoms with E-state index in [0.717, 1.165) is 43.8 Å². The van der Waals surface area contributed by atoms with E-state index in [-0.39, 0.29) is 6.54 Å². The Morgan fingerprint density at radius 1 is 1.27 bits per heavy atom. The van der Waals surface area contributed by atoms with E-state index in [1.165, 1.54) is 5.56 Å². The number of methoxy groups -OCH3 is 1. The molecule has 0 amide bonds. The third kappa shape index (κ3) is 6.45. The quantitative estimate of drug-likeness (QED) is 0.657. The molecule has 1 aromatic carbocycles. The largest absolute Gasteiger partial charge is 0.496 e. The van der Waals surface area contributed by atoms with Crippen molar-refractivity contribution in [2.75, 3.05) is 26.7 Å². The first kappa shape index (κ1) is 18.5. The van der Waals surface area contributed by atoms with E-state index in [9.17, 15) is 4.79 Å². The van der Waals surface area contributed by atoms with Gasteiger partial charge in [0.15, 0.2) is 0 Å². The van der Waals surface area contributed by atoms with E-state index >= 15 is 0 Å². The molecule has 0 heterocycles. The molecule has 0 spiro atoms. The Balaban J connectivity index is 2.71. The SMILES string of the molecule is CCCN(CCC)Cc1ccc(CNCC(=O)O)c(OC)c1. The summed E-state index contributed by atoms with van der Waals surface area (Å²) >= 11 is 0. The predicted molar refractivity (Wildman–Crippen MR) is 88.2 cm³/mol. The van der Waals surface area contributed by atoms with Crippen molar-refractivity contribution in [2.24, 2.45) is 0 Å². The normalized spacial score (nSPS) is 10.9. The number of nitrogens with zero attached hydrogens (tertiary/aromatic N) is 1. The summed E-state index contributed by atoms with van der Waals surface area (Å²) in [5.41, 5.74) is 2.20. The van der Waals surface area contributed by atoms with Gasteiger partial charge in [-0.2, -0.15) is 0 Å². The molecule has 2 N–H and O–H groups in total. The molecule has 5 heteroatoms. The van der Waals surface area contributed by atoms with Crippen molar-refractivity contribution in [1.82, 2.24) is 10.2 Å². The minimum atomic E-state index is -0.856. The molecule has 0 aliphatic rings. The molecule has 0 bridgehead atoms. The Bertz CT molecular complexity index is 457. The van der Waals surface area contributed by atoms with Gasteiger partial charge in [-0.3, -0.25) is 9.69 Å². The number of ether oxygens (including phenoxy) is 1. The molecule has 0 aromatic heterocycles. The fourth-order valence-electron chi connectivity index (χ4n) is 2.50. The highest BCUT2D eigenvalue weighted by Crippen LogP contribution is 2.21. The molecule has 0 aliphatic carbocycles. The standard InChI is InChI=1S/C17H28N2O3/c1-4-8-19(9-5-2)13-14-6-7-15(16(10-14)22-3)11-18-12-17(20)21/h6-7,10,18H,4-5,8-9,11-13H2,1-3H3,(H,20,21). The lowest BCUT2D eigenvalue weighted by Crippen LogP contribution is -2.25. The van der Waals surface area contributed by atoms with Gasteiger partial charge in [0.25, 0.3) is 0 Å². The van der Waals surface area contributed by atoms with Crippen molar-refractivity contribution in [3.05, 3.63) is 29.3 Å². The van der Waals surface area contributed by atoms with Crippen LogP contribution in [0.1, 0.15) is 37.8 Å². The first-order valence-corrected chi connectivity index (χ1v) is 7.91. The van der Waals surface area contributed by atoms with Gasteiger partial charge in [0.05, 0.1) is 13.7 Å². The number of hydrogen-bond donors (Lipinski definition) is 2. The van der Waals surface area contributed by atoms with E-state index in [2.05, 4.69) is 36.2 Å². The van der Waals surface area contributed by atoms with Crippen LogP contribution in [-0.2, 0) is 17.9 Å². The molecule has 0 fully saturated rings. The highest BCUT2D eigenvalue weighted by molar-refractivity contribution is 5.69. The summed E-state index contributed by atoms with van der Waals surface area (Å²) in [6, 6.07) is 6.16. The lowest BCUT2D eigenvalue weighted by Gasteiger charge is -2.21. The topological polar surface area (TPSA) is 61.8 Å². The number of hydrogen-bond acceptors (Lipinski definition) is 4. The first-order chi connectivity index (χ1) is 10.6. The lowest BCUT2D eigenvalue weighted by atomic mass is 10.1. The van der Waals surface area contributed by atoms with E-state index in [0.29, 0.717) is 6.54 Å². The molecule has 0 unspecified atom stereocenters. The first-order valence-electron chi connectivity index (χ1n) is 7.91. The second-order valence-corrected chi connectivity index (χ2v) is 5.42. The lowest BCUT2D eigenvalue weighted by molar-refractivity contribution is -0.136. The second-order valence-electron chi connectivity index (χ2n) is 5.42. The van der Waals surface area contributed by atoms with Crippen LogP contribution < -0.4 is 10.1 Å². The molecule has 0 radical (unpaired) electrons. The number of aliphatic carboxylic acids is 1. The Morgan fingerprint density at radius 2 is 1.95 bits per heavy atom. The van der Waals surface area contributed by atoms with Crippen molar-refractivity contribution in [3.8, 4) is 5.75 Å². The van der Waals surface area contributed by atoms with E-state index in [1.807, 2.05) is 6.07 Å². The van der Waals surface area contributed by atoms with Gasteiger partial charge in [-0.15, -0.1) is 0 Å². The molecule has 22 heavy (non-hydrogen) atoms. The molecule has 0 saturated carbocycles. The number of nitrogens with one attached hydrogen (secondary N) is 1. The van der Waals surface area contributed by atoms with Crippen molar-refractivity contribution in [2.45, 2.75) is 39.8 Å². The fraction of sp³-hybridized carbons (Fsp3) is 0.588. The maximum absolute atomic E-state index is 10.5. The van der Waals surface area contributed by atoms with Gasteiger partial charge in [0.2, 0.25) is 0 Å². The van der Waals surface area contributed by atoms with Gasteiger partial charge in [-0.25, -0.2) is 0 Å². The number of carboxylic acids is 1. The van der Waals surface area contributed by atoms with Crippen molar-refractivity contribution in [1.29, 1.82) is 0 Å². The van der Waals surface area contributed by atoms with Crippen LogP contribution in [0, 0.1) is 0 Å². The summed E-state index contributed by atoms with van der Waals surface area (Å²) in [6.45, 7) is 7.94.